The summed E-state index contributed by atoms with van der Waals surface area (Å²) in [7, 11) is 0. The molecule has 1 saturated carbocycles. The van der Waals surface area contributed by atoms with Crippen molar-refractivity contribution in [1.29, 1.82) is 0 Å². The van der Waals surface area contributed by atoms with Gasteiger partial charge in [0.1, 0.15) is 5.78 Å². The monoisotopic (exact) mass is 203 g/mol. The molecule has 1 aromatic rings. The molecule has 1 fully saturated rings. The van der Waals surface area contributed by atoms with Gasteiger partial charge in [0.25, 0.3) is 0 Å². The molecular weight excluding hydrogens is 186 g/mol. The molecule has 2 rings (SSSR count). The lowest BCUT2D eigenvalue weighted by atomic mass is 9.79. The lowest BCUT2D eigenvalue weighted by Gasteiger charge is -2.27. The first-order chi connectivity index (χ1) is 7.16. The van der Waals surface area contributed by atoms with Crippen LogP contribution < -0.4 is 5.73 Å². The van der Waals surface area contributed by atoms with Crippen LogP contribution in [0, 0.1) is 6.92 Å². The molecule has 80 valence electrons. The molecule has 2 heteroatoms. The molecule has 0 radical (unpaired) electrons. The molecule has 15 heavy (non-hydrogen) atoms. The van der Waals surface area contributed by atoms with Crippen molar-refractivity contribution in [3.63, 3.8) is 0 Å². The first-order valence-corrected chi connectivity index (χ1v) is 5.45. The van der Waals surface area contributed by atoms with E-state index in [-0.39, 0.29) is 5.41 Å². The molecule has 0 amide bonds. The van der Waals surface area contributed by atoms with Crippen LogP contribution in [0.2, 0.25) is 0 Å². The second-order valence-electron chi connectivity index (χ2n) is 4.57. The molecule has 0 aliphatic heterocycles. The third-order valence-electron chi connectivity index (χ3n) is 3.47. The van der Waals surface area contributed by atoms with Crippen LogP contribution in [0.1, 0.15) is 30.4 Å². The number of rotatable bonds is 2. The van der Waals surface area contributed by atoms with Gasteiger partial charge in [-0.2, -0.15) is 0 Å². The molecule has 1 unspecified atom stereocenters. The number of hydrogen-bond donors (Lipinski definition) is 1. The van der Waals surface area contributed by atoms with Crippen LogP contribution in [-0.2, 0) is 10.2 Å². The molecule has 2 nitrogen and oxygen atoms in total. The molecule has 1 aromatic carbocycles. The normalized spacial score (nSPS) is 25.9. The summed E-state index contributed by atoms with van der Waals surface area (Å²) in [4.78, 5) is 11.4. The van der Waals surface area contributed by atoms with E-state index < -0.39 is 0 Å². The second kappa shape index (κ2) is 3.78. The van der Waals surface area contributed by atoms with Crippen LogP contribution in [0.25, 0.3) is 0 Å². The van der Waals surface area contributed by atoms with Crippen LogP contribution in [-0.4, -0.2) is 12.3 Å². The summed E-state index contributed by atoms with van der Waals surface area (Å²) in [5, 5.41) is 0. The van der Waals surface area contributed by atoms with E-state index in [0.29, 0.717) is 25.2 Å². The third-order valence-corrected chi connectivity index (χ3v) is 3.47. The Morgan fingerprint density at radius 1 is 1.33 bits per heavy atom. The number of Topliss-reactive ketones (excluding diaryl/α,β-unsaturated/α-hetero) is 1. The van der Waals surface area contributed by atoms with Crippen LogP contribution >= 0.6 is 0 Å². The van der Waals surface area contributed by atoms with Crippen LogP contribution in [0.5, 0.6) is 0 Å². The quantitative estimate of drug-likeness (QED) is 0.798. The van der Waals surface area contributed by atoms with Gasteiger partial charge in [0.05, 0.1) is 0 Å². The summed E-state index contributed by atoms with van der Waals surface area (Å²) < 4.78 is 0. The van der Waals surface area contributed by atoms with Crippen LogP contribution in [0.4, 0.5) is 0 Å². The van der Waals surface area contributed by atoms with Crippen molar-refractivity contribution in [2.45, 2.75) is 31.6 Å². The highest BCUT2D eigenvalue weighted by molar-refractivity contribution is 5.83. The average molecular weight is 203 g/mol. The summed E-state index contributed by atoms with van der Waals surface area (Å²) in [6, 6.07) is 8.41. The zero-order valence-corrected chi connectivity index (χ0v) is 9.12. The smallest absolute Gasteiger partial charge is 0.133 e. The van der Waals surface area contributed by atoms with E-state index in [4.69, 9.17) is 5.73 Å². The van der Waals surface area contributed by atoms with Gasteiger partial charge in [-0.1, -0.05) is 29.8 Å². The van der Waals surface area contributed by atoms with E-state index in [2.05, 4.69) is 31.2 Å². The number of carbonyl (C=O) groups is 1. The van der Waals surface area contributed by atoms with Gasteiger partial charge in [-0.15, -0.1) is 0 Å². The van der Waals surface area contributed by atoms with Gasteiger partial charge in [0.2, 0.25) is 0 Å². The third kappa shape index (κ3) is 1.82. The van der Waals surface area contributed by atoms with E-state index >= 15 is 0 Å². The van der Waals surface area contributed by atoms with Crippen molar-refractivity contribution >= 4 is 5.78 Å². The number of hydrogen-bond acceptors (Lipinski definition) is 2. The Hall–Kier alpha value is -1.15. The molecule has 0 heterocycles. The van der Waals surface area contributed by atoms with Crippen molar-refractivity contribution in [1.82, 2.24) is 0 Å². The zero-order valence-electron chi connectivity index (χ0n) is 9.12. The van der Waals surface area contributed by atoms with Crippen LogP contribution in [0.15, 0.2) is 24.3 Å². The highest BCUT2D eigenvalue weighted by Crippen LogP contribution is 2.38. The Labute approximate surface area is 90.5 Å². The Morgan fingerprint density at radius 2 is 2.00 bits per heavy atom. The Bertz CT molecular complexity index is 369. The van der Waals surface area contributed by atoms with E-state index in [1.165, 1.54) is 11.1 Å². The predicted molar refractivity (Wildman–Crippen MR) is 60.8 cm³/mol. The fourth-order valence-corrected chi connectivity index (χ4v) is 2.38. The van der Waals surface area contributed by atoms with E-state index in [1.54, 1.807) is 0 Å². The topological polar surface area (TPSA) is 43.1 Å². The minimum atomic E-state index is -0.0786. The molecule has 0 spiro atoms. The number of benzene rings is 1. The Balaban J connectivity index is 2.34. The van der Waals surface area contributed by atoms with E-state index in [0.717, 1.165) is 6.42 Å². The zero-order chi connectivity index (χ0) is 10.9. The maximum absolute atomic E-state index is 11.4. The standard InChI is InChI=1S/C13H17NO/c1-10-2-4-11(5-3-10)13(9-14)7-6-12(15)8-13/h2-5H,6-9,14H2,1H3. The molecule has 0 bridgehead atoms. The maximum atomic E-state index is 11.4. The highest BCUT2D eigenvalue weighted by atomic mass is 16.1. The van der Waals surface area contributed by atoms with Crippen LogP contribution in [0.3, 0.4) is 0 Å². The molecule has 1 aliphatic rings. The van der Waals surface area contributed by atoms with Gasteiger partial charge >= 0.3 is 0 Å². The van der Waals surface area contributed by atoms with E-state index in [1.807, 2.05) is 0 Å². The molecule has 1 atom stereocenters. The summed E-state index contributed by atoms with van der Waals surface area (Å²) in [6.45, 7) is 2.64. The lowest BCUT2D eigenvalue weighted by Crippen LogP contribution is -2.32. The van der Waals surface area contributed by atoms with Crippen molar-refractivity contribution < 1.29 is 4.79 Å². The average Bonchev–Trinajstić information content (AvgIpc) is 2.62. The first-order valence-electron chi connectivity index (χ1n) is 5.45. The molecule has 2 N–H and O–H groups in total. The van der Waals surface area contributed by atoms with E-state index in [9.17, 15) is 4.79 Å². The van der Waals surface area contributed by atoms with Gasteiger partial charge in [-0.3, -0.25) is 4.79 Å². The summed E-state index contributed by atoms with van der Waals surface area (Å²) in [5.74, 6) is 0.348. The second-order valence-corrected chi connectivity index (χ2v) is 4.57. The fraction of sp³-hybridized carbons (Fsp3) is 0.462. The van der Waals surface area contributed by atoms with Gasteiger partial charge in [0.15, 0.2) is 0 Å². The molecule has 1 aliphatic carbocycles. The van der Waals surface area contributed by atoms with Crippen molar-refractivity contribution in [2.24, 2.45) is 5.73 Å². The molecule has 0 aromatic heterocycles. The van der Waals surface area contributed by atoms with Crippen molar-refractivity contribution in [3.8, 4) is 0 Å². The number of carbonyl (C=O) groups excluding carboxylic acids is 1. The molecular formula is C13H17NO. The number of aryl methyl sites for hydroxylation is 1. The lowest BCUT2D eigenvalue weighted by molar-refractivity contribution is -0.117. The SMILES string of the molecule is Cc1ccc(C2(CN)CCC(=O)C2)cc1. The van der Waals surface area contributed by atoms with Gasteiger partial charge in [-0.05, 0) is 18.9 Å². The Morgan fingerprint density at radius 3 is 2.47 bits per heavy atom. The number of ketones is 1. The predicted octanol–water partition coefficient (Wildman–Crippen LogP) is 1.94. The summed E-state index contributed by atoms with van der Waals surface area (Å²) >= 11 is 0. The first kappa shape index (κ1) is 10.4. The van der Waals surface area contributed by atoms with Crippen molar-refractivity contribution in [3.05, 3.63) is 35.4 Å². The van der Waals surface area contributed by atoms with Gasteiger partial charge < -0.3 is 5.73 Å². The maximum Gasteiger partial charge on any atom is 0.133 e. The van der Waals surface area contributed by atoms with Gasteiger partial charge in [0, 0.05) is 24.8 Å². The fourth-order valence-electron chi connectivity index (χ4n) is 2.38. The summed E-state index contributed by atoms with van der Waals surface area (Å²) in [6.07, 6.45) is 2.21. The minimum Gasteiger partial charge on any atom is -0.330 e. The highest BCUT2D eigenvalue weighted by Gasteiger charge is 2.38. The number of nitrogens with two attached hydrogens (primary N) is 1. The Kier molecular flexibility index (Phi) is 2.61. The van der Waals surface area contributed by atoms with Crippen molar-refractivity contribution in [2.75, 3.05) is 6.54 Å². The van der Waals surface area contributed by atoms with Gasteiger partial charge in [-0.25, -0.2) is 0 Å². The molecule has 0 saturated heterocycles. The minimum absolute atomic E-state index is 0.0786. The summed E-state index contributed by atoms with van der Waals surface area (Å²) in [5.41, 5.74) is 8.24. The largest absolute Gasteiger partial charge is 0.330 e.